The van der Waals surface area contributed by atoms with Gasteiger partial charge in [0.15, 0.2) is 0 Å². The monoisotopic (exact) mass is 262 g/mol. The summed E-state index contributed by atoms with van der Waals surface area (Å²) < 4.78 is 22.7. The number of aromatic nitrogens is 1. The van der Waals surface area contributed by atoms with E-state index in [0.717, 1.165) is 5.56 Å². The van der Waals surface area contributed by atoms with Crippen molar-refractivity contribution in [1.82, 2.24) is 4.98 Å². The number of pyridine rings is 1. The SMILES string of the molecule is O=S([O-])C(c1ccc(CO)cc1)c1ccccn1. The van der Waals surface area contributed by atoms with Crippen LogP contribution in [0.3, 0.4) is 0 Å². The second kappa shape index (κ2) is 5.86. The summed E-state index contributed by atoms with van der Waals surface area (Å²) in [4.78, 5) is 4.08. The third-order valence-electron chi connectivity index (χ3n) is 2.61. The average molecular weight is 262 g/mol. The van der Waals surface area contributed by atoms with Crippen molar-refractivity contribution in [3.63, 3.8) is 0 Å². The van der Waals surface area contributed by atoms with E-state index >= 15 is 0 Å². The summed E-state index contributed by atoms with van der Waals surface area (Å²) in [5, 5.41) is 8.18. The lowest BCUT2D eigenvalue weighted by molar-refractivity contribution is 0.282. The van der Waals surface area contributed by atoms with Gasteiger partial charge >= 0.3 is 0 Å². The maximum atomic E-state index is 11.4. The van der Waals surface area contributed by atoms with Crippen LogP contribution in [0.2, 0.25) is 0 Å². The van der Waals surface area contributed by atoms with Crippen LogP contribution in [0.5, 0.6) is 0 Å². The predicted octanol–water partition coefficient (Wildman–Crippen LogP) is 1.54. The number of hydrogen-bond acceptors (Lipinski definition) is 4. The molecule has 0 radical (unpaired) electrons. The third kappa shape index (κ3) is 2.81. The number of hydrogen-bond donors (Lipinski definition) is 1. The molecule has 0 amide bonds. The number of aliphatic hydroxyl groups is 1. The molecular formula is C13H12NO3S-. The van der Waals surface area contributed by atoms with Gasteiger partial charge < -0.3 is 9.66 Å². The highest BCUT2D eigenvalue weighted by Crippen LogP contribution is 2.25. The largest absolute Gasteiger partial charge is 0.772 e. The fourth-order valence-corrected chi connectivity index (χ4v) is 2.43. The molecule has 2 aromatic rings. The highest BCUT2D eigenvalue weighted by atomic mass is 32.2. The van der Waals surface area contributed by atoms with E-state index in [1.54, 1.807) is 48.7 Å². The lowest BCUT2D eigenvalue weighted by Crippen LogP contribution is -2.09. The van der Waals surface area contributed by atoms with E-state index in [4.69, 9.17) is 5.11 Å². The molecule has 2 atom stereocenters. The molecule has 1 N–H and O–H groups in total. The Morgan fingerprint density at radius 2 is 1.94 bits per heavy atom. The Kier molecular flexibility index (Phi) is 4.19. The Morgan fingerprint density at radius 1 is 1.22 bits per heavy atom. The Balaban J connectivity index is 2.39. The first-order valence-electron chi connectivity index (χ1n) is 5.41. The summed E-state index contributed by atoms with van der Waals surface area (Å²) in [7, 11) is 0. The molecule has 5 heteroatoms. The lowest BCUT2D eigenvalue weighted by Gasteiger charge is -2.19. The molecule has 4 nitrogen and oxygen atoms in total. The molecule has 1 aromatic carbocycles. The van der Waals surface area contributed by atoms with Crippen molar-refractivity contribution < 1.29 is 13.9 Å². The van der Waals surface area contributed by atoms with Gasteiger partial charge in [-0.1, -0.05) is 30.3 Å². The van der Waals surface area contributed by atoms with Crippen LogP contribution < -0.4 is 0 Å². The number of rotatable bonds is 4. The first-order chi connectivity index (χ1) is 8.72. The molecule has 2 rings (SSSR count). The van der Waals surface area contributed by atoms with Crippen LogP contribution in [0.15, 0.2) is 48.7 Å². The van der Waals surface area contributed by atoms with E-state index in [-0.39, 0.29) is 6.61 Å². The van der Waals surface area contributed by atoms with Crippen LogP contribution in [0.1, 0.15) is 22.1 Å². The molecule has 0 aliphatic rings. The van der Waals surface area contributed by atoms with Gasteiger partial charge in [-0.25, -0.2) is 0 Å². The Hall–Kier alpha value is -1.56. The van der Waals surface area contributed by atoms with Crippen molar-refractivity contribution in [3.05, 3.63) is 65.5 Å². The van der Waals surface area contributed by atoms with Crippen molar-refractivity contribution >= 4 is 11.1 Å². The fraction of sp³-hybridized carbons (Fsp3) is 0.154. The molecule has 0 saturated carbocycles. The van der Waals surface area contributed by atoms with Gasteiger partial charge in [-0.15, -0.1) is 0 Å². The van der Waals surface area contributed by atoms with Crippen molar-refractivity contribution in [2.24, 2.45) is 0 Å². The highest BCUT2D eigenvalue weighted by molar-refractivity contribution is 7.79. The smallest absolute Gasteiger partial charge is 0.0886 e. The van der Waals surface area contributed by atoms with Crippen molar-refractivity contribution in [1.29, 1.82) is 0 Å². The quantitative estimate of drug-likeness (QED) is 0.848. The normalized spacial score (nSPS) is 14.1. The highest BCUT2D eigenvalue weighted by Gasteiger charge is 2.15. The molecule has 2 unspecified atom stereocenters. The van der Waals surface area contributed by atoms with Crippen molar-refractivity contribution in [3.8, 4) is 0 Å². The minimum absolute atomic E-state index is 0.0605. The van der Waals surface area contributed by atoms with Gasteiger partial charge in [0.05, 0.1) is 17.6 Å². The summed E-state index contributed by atoms with van der Waals surface area (Å²) >= 11 is -2.29. The molecular weight excluding hydrogens is 250 g/mol. The standard InChI is InChI=1S/C13H13NO3S/c15-9-10-4-6-11(7-5-10)13(18(16)17)12-3-1-2-8-14-12/h1-8,13,15H,9H2,(H,16,17)/p-1. The molecule has 0 fully saturated rings. The molecule has 0 saturated heterocycles. The number of benzene rings is 1. The Morgan fingerprint density at radius 3 is 2.44 bits per heavy atom. The van der Waals surface area contributed by atoms with E-state index in [9.17, 15) is 8.76 Å². The van der Waals surface area contributed by atoms with Crippen LogP contribution in [0, 0.1) is 0 Å². The van der Waals surface area contributed by atoms with Gasteiger partial charge in [-0.3, -0.25) is 9.19 Å². The lowest BCUT2D eigenvalue weighted by atomic mass is 10.1. The van der Waals surface area contributed by atoms with Gasteiger partial charge in [0, 0.05) is 6.20 Å². The van der Waals surface area contributed by atoms with Crippen molar-refractivity contribution in [2.45, 2.75) is 11.9 Å². The number of nitrogens with zero attached hydrogens (tertiary/aromatic N) is 1. The summed E-state index contributed by atoms with van der Waals surface area (Å²) in [6, 6.07) is 12.0. The minimum Gasteiger partial charge on any atom is -0.772 e. The summed E-state index contributed by atoms with van der Waals surface area (Å²) in [5.41, 5.74) is 1.87. The molecule has 1 heterocycles. The first kappa shape index (κ1) is 12.9. The fourth-order valence-electron chi connectivity index (χ4n) is 1.71. The maximum absolute atomic E-state index is 11.4. The Labute approximate surface area is 108 Å². The molecule has 0 aliphatic carbocycles. The van der Waals surface area contributed by atoms with E-state index in [0.29, 0.717) is 11.3 Å². The maximum Gasteiger partial charge on any atom is 0.0886 e. The van der Waals surface area contributed by atoms with E-state index in [1.165, 1.54) is 0 Å². The topological polar surface area (TPSA) is 73.2 Å². The minimum atomic E-state index is -2.29. The van der Waals surface area contributed by atoms with Crippen LogP contribution >= 0.6 is 0 Å². The summed E-state index contributed by atoms with van der Waals surface area (Å²) in [6.45, 7) is -0.0605. The van der Waals surface area contributed by atoms with Crippen LogP contribution in [0.4, 0.5) is 0 Å². The predicted molar refractivity (Wildman–Crippen MR) is 67.4 cm³/mol. The van der Waals surface area contributed by atoms with Gasteiger partial charge in [0.25, 0.3) is 0 Å². The van der Waals surface area contributed by atoms with Gasteiger partial charge in [0.2, 0.25) is 0 Å². The van der Waals surface area contributed by atoms with Crippen LogP contribution in [-0.2, 0) is 17.7 Å². The summed E-state index contributed by atoms with van der Waals surface area (Å²) in [6.07, 6.45) is 1.57. The summed E-state index contributed by atoms with van der Waals surface area (Å²) in [5.74, 6) is 0. The molecule has 1 aromatic heterocycles. The Bertz CT molecular complexity index is 528. The van der Waals surface area contributed by atoms with Crippen molar-refractivity contribution in [2.75, 3.05) is 0 Å². The van der Waals surface area contributed by atoms with Crippen LogP contribution in [-0.4, -0.2) is 18.9 Å². The van der Waals surface area contributed by atoms with E-state index < -0.39 is 16.3 Å². The third-order valence-corrected chi connectivity index (χ3v) is 3.51. The zero-order valence-electron chi connectivity index (χ0n) is 9.52. The van der Waals surface area contributed by atoms with E-state index in [2.05, 4.69) is 4.98 Å². The molecule has 0 aliphatic heterocycles. The van der Waals surface area contributed by atoms with E-state index in [1.807, 2.05) is 0 Å². The number of aliphatic hydroxyl groups excluding tert-OH is 1. The first-order valence-corrected chi connectivity index (χ1v) is 6.55. The zero-order chi connectivity index (χ0) is 13.0. The van der Waals surface area contributed by atoms with Gasteiger partial charge in [-0.05, 0) is 34.3 Å². The molecule has 0 spiro atoms. The molecule has 94 valence electrons. The molecule has 18 heavy (non-hydrogen) atoms. The van der Waals surface area contributed by atoms with Gasteiger partial charge in [0.1, 0.15) is 0 Å². The second-order valence-corrected chi connectivity index (χ2v) is 4.79. The molecule has 0 bridgehead atoms. The second-order valence-electron chi connectivity index (χ2n) is 3.79. The zero-order valence-corrected chi connectivity index (χ0v) is 10.3. The van der Waals surface area contributed by atoms with Crippen LogP contribution in [0.25, 0.3) is 0 Å². The average Bonchev–Trinajstić information content (AvgIpc) is 2.40. The van der Waals surface area contributed by atoms with Gasteiger partial charge in [-0.2, -0.15) is 0 Å².